The number of hydrogen-bond donors (Lipinski definition) is 2. The number of pyridine rings is 1. The second-order valence-corrected chi connectivity index (χ2v) is 6.91. The monoisotopic (exact) mass is 305 g/mol. The molecule has 1 aromatic heterocycles. The summed E-state index contributed by atoms with van der Waals surface area (Å²) in [5.74, 6) is 0.291. The topological polar surface area (TPSA) is 96.5 Å². The van der Waals surface area contributed by atoms with Gasteiger partial charge in [-0.2, -0.15) is 4.31 Å². The molecule has 19 heavy (non-hydrogen) atoms. The molecular weight excluding hydrogens is 290 g/mol. The Kier molecular flexibility index (Phi) is 4.29. The quantitative estimate of drug-likeness (QED) is 0.857. The molecule has 0 unspecified atom stereocenters. The fourth-order valence-corrected chi connectivity index (χ4v) is 3.73. The molecule has 1 fully saturated rings. The van der Waals surface area contributed by atoms with Crippen LogP contribution in [0.3, 0.4) is 0 Å². The second-order valence-electron chi connectivity index (χ2n) is 4.57. The summed E-state index contributed by atoms with van der Waals surface area (Å²) in [6.07, 6.45) is 2.53. The molecule has 8 heteroatoms. The molecule has 106 valence electrons. The van der Waals surface area contributed by atoms with Crippen molar-refractivity contribution in [1.82, 2.24) is 9.29 Å². The first-order valence-corrected chi connectivity index (χ1v) is 7.79. The average Bonchev–Trinajstić information content (AvgIpc) is 2.41. The number of hydrogen-bond acceptors (Lipinski definition) is 5. The molecule has 1 aliphatic heterocycles. The summed E-state index contributed by atoms with van der Waals surface area (Å²) in [5.41, 5.74) is 5.47. The lowest BCUT2D eigenvalue weighted by Crippen LogP contribution is -2.39. The Hall–Kier alpha value is -0.890. The number of aromatic nitrogens is 1. The highest BCUT2D eigenvalue weighted by Crippen LogP contribution is 2.26. The molecule has 0 aliphatic carbocycles. The molecule has 1 aromatic rings. The van der Waals surface area contributed by atoms with E-state index in [0.29, 0.717) is 25.9 Å². The van der Waals surface area contributed by atoms with Gasteiger partial charge in [0.15, 0.2) is 0 Å². The minimum absolute atomic E-state index is 0.0501. The largest absolute Gasteiger partial charge is 0.396 e. The van der Waals surface area contributed by atoms with E-state index in [9.17, 15) is 8.42 Å². The van der Waals surface area contributed by atoms with Gasteiger partial charge < -0.3 is 10.8 Å². The number of halogens is 1. The molecular formula is C11H16ClN3O3S. The van der Waals surface area contributed by atoms with Crippen LogP contribution in [0.4, 0.5) is 5.82 Å². The SMILES string of the molecule is Nc1ncc(S(=O)(=O)N2CCC(CO)CC2)cc1Cl. The molecule has 6 nitrogen and oxygen atoms in total. The second kappa shape index (κ2) is 5.62. The standard InChI is InChI=1S/C11H16ClN3O3S/c12-10-5-9(6-14-11(10)13)19(17,18)15-3-1-8(7-16)2-4-15/h5-6,8,16H,1-4,7H2,(H2,13,14). The van der Waals surface area contributed by atoms with E-state index in [0.717, 1.165) is 0 Å². The third-order valence-electron chi connectivity index (χ3n) is 3.31. The Bertz CT molecular complexity index is 556. The number of nitrogens with two attached hydrogens (primary N) is 1. The number of piperidine rings is 1. The van der Waals surface area contributed by atoms with Gasteiger partial charge in [-0.1, -0.05) is 11.6 Å². The molecule has 2 rings (SSSR count). The number of anilines is 1. The number of nitrogens with zero attached hydrogens (tertiary/aromatic N) is 2. The third kappa shape index (κ3) is 3.00. The summed E-state index contributed by atoms with van der Waals surface area (Å²) in [4.78, 5) is 3.82. The predicted octanol–water partition coefficient (Wildman–Crippen LogP) is 0.710. The van der Waals surface area contributed by atoms with Crippen molar-refractivity contribution in [1.29, 1.82) is 0 Å². The fourth-order valence-electron chi connectivity index (χ4n) is 2.05. The van der Waals surface area contributed by atoms with Crippen molar-refractivity contribution in [2.75, 3.05) is 25.4 Å². The van der Waals surface area contributed by atoms with Gasteiger partial charge >= 0.3 is 0 Å². The summed E-state index contributed by atoms with van der Waals surface area (Å²) in [5, 5.41) is 9.19. The van der Waals surface area contributed by atoms with Gasteiger partial charge in [0.25, 0.3) is 0 Å². The van der Waals surface area contributed by atoms with Crippen molar-refractivity contribution in [2.24, 2.45) is 5.92 Å². The van der Waals surface area contributed by atoms with Gasteiger partial charge in [0.1, 0.15) is 10.7 Å². The average molecular weight is 306 g/mol. The van der Waals surface area contributed by atoms with Gasteiger partial charge in [-0.05, 0) is 24.8 Å². The van der Waals surface area contributed by atoms with Crippen LogP contribution in [0.15, 0.2) is 17.2 Å². The maximum atomic E-state index is 12.4. The lowest BCUT2D eigenvalue weighted by Gasteiger charge is -2.30. The lowest BCUT2D eigenvalue weighted by atomic mass is 10.00. The van der Waals surface area contributed by atoms with Crippen molar-refractivity contribution >= 4 is 27.4 Å². The van der Waals surface area contributed by atoms with Gasteiger partial charge in [0.05, 0.1) is 5.02 Å². The lowest BCUT2D eigenvalue weighted by molar-refractivity contribution is 0.170. The van der Waals surface area contributed by atoms with E-state index in [1.807, 2.05) is 0 Å². The molecule has 1 aliphatic rings. The van der Waals surface area contributed by atoms with E-state index in [2.05, 4.69) is 4.98 Å². The van der Waals surface area contributed by atoms with Crippen LogP contribution in [-0.4, -0.2) is 42.5 Å². The van der Waals surface area contributed by atoms with Crippen LogP contribution in [-0.2, 0) is 10.0 Å². The van der Waals surface area contributed by atoms with Crippen molar-refractivity contribution in [3.63, 3.8) is 0 Å². The predicted molar refractivity (Wildman–Crippen MR) is 72.2 cm³/mol. The Morgan fingerprint density at radius 2 is 2.11 bits per heavy atom. The van der Waals surface area contributed by atoms with E-state index < -0.39 is 10.0 Å². The molecule has 1 saturated heterocycles. The minimum atomic E-state index is -3.58. The van der Waals surface area contributed by atoms with Crippen LogP contribution in [0.25, 0.3) is 0 Å². The van der Waals surface area contributed by atoms with Crippen molar-refractivity contribution < 1.29 is 13.5 Å². The maximum absolute atomic E-state index is 12.4. The van der Waals surface area contributed by atoms with E-state index in [-0.39, 0.29) is 28.3 Å². The Morgan fingerprint density at radius 1 is 1.47 bits per heavy atom. The number of nitrogen functional groups attached to an aromatic ring is 1. The van der Waals surface area contributed by atoms with E-state index >= 15 is 0 Å². The van der Waals surface area contributed by atoms with Gasteiger partial charge in [-0.25, -0.2) is 13.4 Å². The Morgan fingerprint density at radius 3 is 2.63 bits per heavy atom. The molecule has 0 aromatic carbocycles. The van der Waals surface area contributed by atoms with Crippen LogP contribution in [0.5, 0.6) is 0 Å². The molecule has 0 amide bonds. The summed E-state index contributed by atoms with van der Waals surface area (Å²) in [6.45, 7) is 0.897. The van der Waals surface area contributed by atoms with Crippen LogP contribution in [0, 0.1) is 5.92 Å². The van der Waals surface area contributed by atoms with Crippen molar-refractivity contribution in [3.05, 3.63) is 17.3 Å². The molecule has 0 saturated carbocycles. The molecule has 0 atom stereocenters. The highest BCUT2D eigenvalue weighted by molar-refractivity contribution is 7.89. The first kappa shape index (κ1) is 14.5. The normalized spacial score (nSPS) is 18.6. The van der Waals surface area contributed by atoms with Crippen LogP contribution in [0.2, 0.25) is 5.02 Å². The first-order valence-electron chi connectivity index (χ1n) is 5.97. The molecule has 0 radical (unpaired) electrons. The van der Waals surface area contributed by atoms with Gasteiger partial charge in [0, 0.05) is 25.9 Å². The van der Waals surface area contributed by atoms with Crippen LogP contribution < -0.4 is 5.73 Å². The zero-order valence-electron chi connectivity index (χ0n) is 10.3. The zero-order valence-corrected chi connectivity index (χ0v) is 11.9. The highest BCUT2D eigenvalue weighted by atomic mass is 35.5. The summed E-state index contributed by atoms with van der Waals surface area (Å²) < 4.78 is 26.1. The number of sulfonamides is 1. The minimum Gasteiger partial charge on any atom is -0.396 e. The summed E-state index contributed by atoms with van der Waals surface area (Å²) >= 11 is 5.80. The van der Waals surface area contributed by atoms with Gasteiger partial charge in [-0.15, -0.1) is 0 Å². The highest BCUT2D eigenvalue weighted by Gasteiger charge is 2.29. The third-order valence-corrected chi connectivity index (χ3v) is 5.48. The van der Waals surface area contributed by atoms with Gasteiger partial charge in [0.2, 0.25) is 10.0 Å². The number of aliphatic hydroxyl groups is 1. The smallest absolute Gasteiger partial charge is 0.244 e. The molecule has 0 bridgehead atoms. The van der Waals surface area contributed by atoms with Crippen LogP contribution in [0.1, 0.15) is 12.8 Å². The number of rotatable bonds is 3. The van der Waals surface area contributed by atoms with E-state index in [4.69, 9.17) is 22.4 Å². The zero-order chi connectivity index (χ0) is 14.0. The maximum Gasteiger partial charge on any atom is 0.244 e. The fraction of sp³-hybridized carbons (Fsp3) is 0.545. The van der Waals surface area contributed by atoms with Crippen LogP contribution >= 0.6 is 11.6 Å². The van der Waals surface area contributed by atoms with Crippen molar-refractivity contribution in [2.45, 2.75) is 17.7 Å². The number of aliphatic hydroxyl groups excluding tert-OH is 1. The van der Waals surface area contributed by atoms with Gasteiger partial charge in [-0.3, -0.25) is 0 Å². The van der Waals surface area contributed by atoms with Crippen molar-refractivity contribution in [3.8, 4) is 0 Å². The Balaban J connectivity index is 2.21. The Labute approximate surface area is 117 Å². The van der Waals surface area contributed by atoms with E-state index in [1.165, 1.54) is 16.6 Å². The first-order chi connectivity index (χ1) is 8.95. The van der Waals surface area contributed by atoms with E-state index in [1.54, 1.807) is 0 Å². The molecule has 2 heterocycles. The summed E-state index contributed by atoms with van der Waals surface area (Å²) in [6, 6.07) is 1.32. The molecule has 3 N–H and O–H groups in total. The molecule has 0 spiro atoms. The summed E-state index contributed by atoms with van der Waals surface area (Å²) in [7, 11) is -3.58.